The van der Waals surface area contributed by atoms with Crippen molar-refractivity contribution >= 4 is 26.8 Å². The number of fused-ring (bicyclic) bond motifs is 1. The summed E-state index contributed by atoms with van der Waals surface area (Å²) >= 11 is 0. The van der Waals surface area contributed by atoms with Crippen LogP contribution in [-0.4, -0.2) is 62.0 Å². The number of aryl methyl sites for hydroxylation is 1. The predicted octanol–water partition coefficient (Wildman–Crippen LogP) is 2.57. The Balaban J connectivity index is 1.95. The van der Waals surface area contributed by atoms with Crippen LogP contribution >= 0.6 is 0 Å². The van der Waals surface area contributed by atoms with Crippen molar-refractivity contribution in [3.63, 3.8) is 0 Å². The van der Waals surface area contributed by atoms with Gasteiger partial charge >= 0.3 is 5.97 Å². The molecule has 4 rings (SSSR count). The first-order valence-corrected chi connectivity index (χ1v) is 11.5. The number of aromatic nitrogens is 3. The summed E-state index contributed by atoms with van der Waals surface area (Å²) in [4.78, 5) is 17.4. The molecule has 1 saturated heterocycles. The van der Waals surface area contributed by atoms with E-state index in [0.717, 1.165) is 0 Å². The molecule has 31 heavy (non-hydrogen) atoms. The zero-order valence-corrected chi connectivity index (χ0v) is 18.5. The number of hydrogen-bond acceptors (Lipinski definition) is 8. The summed E-state index contributed by atoms with van der Waals surface area (Å²) < 4.78 is 41.4. The number of ether oxygens (including phenoxy) is 3. The van der Waals surface area contributed by atoms with E-state index in [1.54, 1.807) is 36.9 Å². The van der Waals surface area contributed by atoms with Crippen LogP contribution in [0.25, 0.3) is 22.3 Å². The molecular formula is C21H23N3O6S. The van der Waals surface area contributed by atoms with E-state index in [4.69, 9.17) is 19.2 Å². The average molecular weight is 445 g/mol. The van der Waals surface area contributed by atoms with Gasteiger partial charge in [0.15, 0.2) is 27.0 Å². The first-order valence-electron chi connectivity index (χ1n) is 9.69. The molecule has 0 aliphatic carbocycles. The summed E-state index contributed by atoms with van der Waals surface area (Å²) in [7, 11) is 1.28. The fourth-order valence-corrected chi connectivity index (χ4v) is 5.64. The molecule has 1 atom stereocenters. The highest BCUT2D eigenvalue weighted by atomic mass is 32.2. The quantitative estimate of drug-likeness (QED) is 0.551. The van der Waals surface area contributed by atoms with Crippen molar-refractivity contribution in [3.8, 4) is 22.8 Å². The Morgan fingerprint density at radius 1 is 1.13 bits per heavy atom. The van der Waals surface area contributed by atoms with E-state index in [2.05, 4.69) is 5.10 Å². The van der Waals surface area contributed by atoms with Gasteiger partial charge in [0.1, 0.15) is 0 Å². The predicted molar refractivity (Wildman–Crippen MR) is 114 cm³/mol. The Hall–Kier alpha value is -3.14. The second-order valence-electron chi connectivity index (χ2n) is 7.40. The van der Waals surface area contributed by atoms with E-state index in [9.17, 15) is 13.2 Å². The zero-order valence-electron chi connectivity index (χ0n) is 17.7. The molecular weight excluding hydrogens is 422 g/mol. The highest BCUT2D eigenvalue weighted by molar-refractivity contribution is 7.91. The molecule has 1 aliphatic heterocycles. The van der Waals surface area contributed by atoms with Crippen LogP contribution in [0.5, 0.6) is 11.5 Å². The number of hydrogen-bond donors (Lipinski definition) is 0. The van der Waals surface area contributed by atoms with E-state index in [0.29, 0.717) is 51.5 Å². The summed E-state index contributed by atoms with van der Waals surface area (Å²) in [5.41, 5.74) is 2.57. The van der Waals surface area contributed by atoms with Crippen molar-refractivity contribution in [1.82, 2.24) is 14.8 Å². The second kappa shape index (κ2) is 7.84. The molecule has 1 aromatic carbocycles. The van der Waals surface area contributed by atoms with Crippen LogP contribution in [0.3, 0.4) is 0 Å². The molecule has 2 aromatic heterocycles. The molecule has 0 bridgehead atoms. The highest BCUT2D eigenvalue weighted by Crippen LogP contribution is 2.35. The van der Waals surface area contributed by atoms with Crippen LogP contribution in [0.15, 0.2) is 24.3 Å². The van der Waals surface area contributed by atoms with Crippen LogP contribution < -0.4 is 9.47 Å². The fraction of sp³-hybridized carbons (Fsp3) is 0.381. The lowest BCUT2D eigenvalue weighted by Gasteiger charge is -2.13. The van der Waals surface area contributed by atoms with E-state index >= 15 is 0 Å². The molecule has 3 heterocycles. The Kier molecular flexibility index (Phi) is 5.34. The third kappa shape index (κ3) is 3.71. The van der Waals surface area contributed by atoms with Crippen molar-refractivity contribution in [2.75, 3.05) is 32.8 Å². The monoisotopic (exact) mass is 445 g/mol. The lowest BCUT2D eigenvalue weighted by molar-refractivity contribution is 0.0603. The van der Waals surface area contributed by atoms with Gasteiger partial charge < -0.3 is 14.2 Å². The summed E-state index contributed by atoms with van der Waals surface area (Å²) in [6.07, 6.45) is 0.453. The van der Waals surface area contributed by atoms with E-state index < -0.39 is 15.8 Å². The SMILES string of the molecule is COC(=O)c1cc(-c2ccc(OC)c(OC)c2)nc2c1c(C)nn2C1CCS(=O)(=O)C1. The molecule has 0 saturated carbocycles. The number of nitrogens with zero attached hydrogens (tertiary/aromatic N) is 3. The number of carbonyl (C=O) groups excluding carboxylic acids is 1. The smallest absolute Gasteiger partial charge is 0.338 e. The number of benzene rings is 1. The molecule has 0 radical (unpaired) electrons. The summed E-state index contributed by atoms with van der Waals surface area (Å²) in [6.45, 7) is 1.77. The number of sulfone groups is 1. The van der Waals surface area contributed by atoms with Gasteiger partial charge in [-0.2, -0.15) is 5.10 Å². The number of pyridine rings is 1. The summed E-state index contributed by atoms with van der Waals surface area (Å²) in [5, 5.41) is 5.10. The topological polar surface area (TPSA) is 110 Å². The van der Waals surface area contributed by atoms with Crippen molar-refractivity contribution < 1.29 is 27.4 Å². The van der Waals surface area contributed by atoms with Gasteiger partial charge in [-0.25, -0.2) is 22.9 Å². The molecule has 1 unspecified atom stereocenters. The van der Waals surface area contributed by atoms with Crippen LogP contribution in [0, 0.1) is 6.92 Å². The van der Waals surface area contributed by atoms with Crippen LogP contribution in [0.2, 0.25) is 0 Å². The zero-order chi connectivity index (χ0) is 22.3. The lowest BCUT2D eigenvalue weighted by Crippen LogP contribution is -2.13. The minimum Gasteiger partial charge on any atom is -0.493 e. The number of methoxy groups -OCH3 is 3. The second-order valence-corrected chi connectivity index (χ2v) is 9.63. The van der Waals surface area contributed by atoms with Crippen molar-refractivity contribution in [1.29, 1.82) is 0 Å². The van der Waals surface area contributed by atoms with E-state index in [1.807, 2.05) is 6.07 Å². The number of esters is 1. The summed E-state index contributed by atoms with van der Waals surface area (Å²) in [6, 6.07) is 6.65. The Morgan fingerprint density at radius 2 is 1.87 bits per heavy atom. The van der Waals surface area contributed by atoms with Crippen molar-refractivity contribution in [2.45, 2.75) is 19.4 Å². The van der Waals surface area contributed by atoms with Crippen LogP contribution in [0.4, 0.5) is 0 Å². The van der Waals surface area contributed by atoms with Crippen molar-refractivity contribution in [2.24, 2.45) is 0 Å². The summed E-state index contributed by atoms with van der Waals surface area (Å²) in [5.74, 6) is 0.678. The van der Waals surface area contributed by atoms with Crippen LogP contribution in [0.1, 0.15) is 28.5 Å². The molecule has 0 spiro atoms. The van der Waals surface area contributed by atoms with Gasteiger partial charge in [0.25, 0.3) is 0 Å². The maximum Gasteiger partial charge on any atom is 0.338 e. The largest absolute Gasteiger partial charge is 0.493 e. The number of carbonyl (C=O) groups is 1. The number of rotatable bonds is 5. The van der Waals surface area contributed by atoms with Crippen molar-refractivity contribution in [3.05, 3.63) is 35.5 Å². The van der Waals surface area contributed by atoms with E-state index in [-0.39, 0.29) is 17.5 Å². The molecule has 3 aromatic rings. The first kappa shape index (κ1) is 21.1. The Bertz CT molecular complexity index is 1280. The molecule has 9 nitrogen and oxygen atoms in total. The fourth-order valence-electron chi connectivity index (χ4n) is 3.95. The van der Waals surface area contributed by atoms with Crippen LogP contribution in [-0.2, 0) is 14.6 Å². The van der Waals surface area contributed by atoms with E-state index in [1.165, 1.54) is 14.2 Å². The third-order valence-corrected chi connectivity index (χ3v) is 7.23. The lowest BCUT2D eigenvalue weighted by atomic mass is 10.0. The Morgan fingerprint density at radius 3 is 2.48 bits per heavy atom. The molecule has 0 N–H and O–H groups in total. The molecule has 1 aliphatic rings. The first-order chi connectivity index (χ1) is 14.8. The highest BCUT2D eigenvalue weighted by Gasteiger charge is 2.32. The van der Waals surface area contributed by atoms with Gasteiger partial charge in [-0.15, -0.1) is 0 Å². The minimum absolute atomic E-state index is 0.000949. The maximum absolute atomic E-state index is 12.6. The van der Waals surface area contributed by atoms with Gasteiger partial charge in [0.05, 0.1) is 61.2 Å². The van der Waals surface area contributed by atoms with Gasteiger partial charge in [-0.3, -0.25) is 0 Å². The normalized spacial score (nSPS) is 17.6. The molecule has 164 valence electrons. The molecule has 1 fully saturated rings. The van der Waals surface area contributed by atoms with Gasteiger partial charge in [-0.05, 0) is 37.6 Å². The standard InChI is InChI=1S/C21H23N3O6S/c1-12-19-15(21(25)30-4)10-16(13-5-6-17(28-2)18(9-13)29-3)22-20(19)24(23-12)14-7-8-31(26,27)11-14/h5-6,9-10,14H,7-8,11H2,1-4H3. The van der Waals surface area contributed by atoms with Gasteiger partial charge in [-0.1, -0.05) is 0 Å². The minimum atomic E-state index is -3.12. The average Bonchev–Trinajstić information content (AvgIpc) is 3.30. The molecule has 0 amide bonds. The third-order valence-electron chi connectivity index (χ3n) is 5.48. The maximum atomic E-state index is 12.6. The molecule has 10 heteroatoms. The van der Waals surface area contributed by atoms with Gasteiger partial charge in [0, 0.05) is 5.56 Å². The Labute approximate surface area is 179 Å². The van der Waals surface area contributed by atoms with Gasteiger partial charge in [0.2, 0.25) is 0 Å².